The number of aromatic nitrogens is 1. The molecule has 0 atom stereocenters. The number of para-hydroxylation sites is 1. The van der Waals surface area contributed by atoms with E-state index in [2.05, 4.69) is 11.4 Å². The lowest BCUT2D eigenvalue weighted by atomic mass is 10.1. The molecule has 0 aliphatic heterocycles. The molecule has 7 heteroatoms. The minimum atomic E-state index is -4.45. The summed E-state index contributed by atoms with van der Waals surface area (Å²) in [5, 5.41) is 13.0. The van der Waals surface area contributed by atoms with Gasteiger partial charge in [0.1, 0.15) is 5.69 Å². The maximum absolute atomic E-state index is 13.2. The van der Waals surface area contributed by atoms with Gasteiger partial charge in [0, 0.05) is 27.9 Å². The molecular weight excluding hydrogens is 423 g/mol. The van der Waals surface area contributed by atoms with E-state index in [1.165, 1.54) is 23.0 Å². The number of benzene rings is 2. The van der Waals surface area contributed by atoms with Crippen molar-refractivity contribution in [1.82, 2.24) is 4.57 Å². The minimum absolute atomic E-state index is 0.0346. The Morgan fingerprint density at radius 3 is 2.58 bits per heavy atom. The number of carboxylic acid groups (broad SMARTS) is 1. The van der Waals surface area contributed by atoms with Crippen LogP contribution in [0.5, 0.6) is 0 Å². The van der Waals surface area contributed by atoms with Gasteiger partial charge in [0.25, 0.3) is 0 Å². The standard InChI is InChI=1S/C24H18F3NO2S/c25-24(26,27)17-5-3-4-14(10-17)12-28-19-7-2-1-6-18(19)21(22(28)23(29)30)20-11-16(13-31-20)15-8-9-15/h1-7,10-11,13,15H,8-9,12H2,(H,29,30). The van der Waals surface area contributed by atoms with Crippen LogP contribution in [0, 0.1) is 0 Å². The van der Waals surface area contributed by atoms with E-state index in [-0.39, 0.29) is 12.2 Å². The van der Waals surface area contributed by atoms with Crippen molar-refractivity contribution in [3.05, 3.63) is 82.4 Å². The Morgan fingerprint density at radius 2 is 1.87 bits per heavy atom. The number of hydrogen-bond acceptors (Lipinski definition) is 2. The second kappa shape index (κ2) is 7.27. The summed E-state index contributed by atoms with van der Waals surface area (Å²) < 4.78 is 41.1. The van der Waals surface area contributed by atoms with Gasteiger partial charge in [-0.2, -0.15) is 13.2 Å². The fourth-order valence-corrected chi connectivity index (χ4v) is 5.13. The summed E-state index contributed by atoms with van der Waals surface area (Å²) in [6.07, 6.45) is -2.15. The molecule has 158 valence electrons. The van der Waals surface area contributed by atoms with Gasteiger partial charge in [0.2, 0.25) is 0 Å². The van der Waals surface area contributed by atoms with Crippen molar-refractivity contribution in [3.63, 3.8) is 0 Å². The average molecular weight is 441 g/mol. The molecule has 5 rings (SSSR count). The molecule has 0 unspecified atom stereocenters. The molecule has 0 amide bonds. The Hall–Kier alpha value is -3.06. The van der Waals surface area contributed by atoms with E-state index >= 15 is 0 Å². The number of nitrogens with zero attached hydrogens (tertiary/aromatic N) is 1. The van der Waals surface area contributed by atoms with Crippen LogP contribution in [0.2, 0.25) is 0 Å². The van der Waals surface area contributed by atoms with E-state index in [0.717, 1.165) is 35.2 Å². The van der Waals surface area contributed by atoms with E-state index in [4.69, 9.17) is 0 Å². The minimum Gasteiger partial charge on any atom is -0.477 e. The third kappa shape index (κ3) is 3.63. The summed E-state index contributed by atoms with van der Waals surface area (Å²) in [6, 6.07) is 14.4. The summed E-state index contributed by atoms with van der Waals surface area (Å²) >= 11 is 1.52. The first-order chi connectivity index (χ1) is 14.8. The first-order valence-corrected chi connectivity index (χ1v) is 10.8. The fraction of sp³-hybridized carbons (Fsp3) is 0.208. The Kier molecular flexibility index (Phi) is 4.66. The molecule has 2 heterocycles. The maximum atomic E-state index is 13.2. The number of halogens is 3. The van der Waals surface area contributed by atoms with Gasteiger partial charge in [0.05, 0.1) is 5.56 Å². The number of alkyl halides is 3. The predicted molar refractivity (Wildman–Crippen MR) is 115 cm³/mol. The molecule has 31 heavy (non-hydrogen) atoms. The summed E-state index contributed by atoms with van der Waals surface area (Å²) in [5.41, 5.74) is 2.30. The first-order valence-electron chi connectivity index (χ1n) is 9.92. The molecule has 2 aromatic heterocycles. The van der Waals surface area contributed by atoms with Crippen LogP contribution < -0.4 is 0 Å². The molecule has 2 aromatic carbocycles. The number of carboxylic acids is 1. The smallest absolute Gasteiger partial charge is 0.416 e. The second-order valence-corrected chi connectivity index (χ2v) is 8.76. The topological polar surface area (TPSA) is 42.2 Å². The normalized spacial score (nSPS) is 14.3. The zero-order chi connectivity index (χ0) is 21.8. The number of aromatic carboxylic acids is 1. The highest BCUT2D eigenvalue weighted by molar-refractivity contribution is 7.13. The van der Waals surface area contributed by atoms with E-state index in [0.29, 0.717) is 22.6 Å². The van der Waals surface area contributed by atoms with Gasteiger partial charge in [-0.05, 0) is 59.5 Å². The molecular formula is C24H18F3NO2S. The monoisotopic (exact) mass is 441 g/mol. The van der Waals surface area contributed by atoms with Crippen LogP contribution in [0.15, 0.2) is 60.0 Å². The zero-order valence-corrected chi connectivity index (χ0v) is 17.1. The van der Waals surface area contributed by atoms with Crippen molar-refractivity contribution >= 4 is 28.2 Å². The van der Waals surface area contributed by atoms with E-state index in [9.17, 15) is 23.1 Å². The van der Waals surface area contributed by atoms with Crippen molar-refractivity contribution in [3.8, 4) is 10.4 Å². The lowest BCUT2D eigenvalue weighted by Crippen LogP contribution is -2.11. The van der Waals surface area contributed by atoms with Gasteiger partial charge in [0.15, 0.2) is 0 Å². The summed E-state index contributed by atoms with van der Waals surface area (Å²) in [4.78, 5) is 13.2. The van der Waals surface area contributed by atoms with Crippen LogP contribution in [0.4, 0.5) is 13.2 Å². The highest BCUT2D eigenvalue weighted by atomic mass is 32.1. The van der Waals surface area contributed by atoms with E-state index < -0.39 is 17.7 Å². The predicted octanol–water partition coefficient (Wildman–Crippen LogP) is 7.01. The molecule has 1 N–H and O–H groups in total. The summed E-state index contributed by atoms with van der Waals surface area (Å²) in [6.45, 7) is 0.0346. The fourth-order valence-electron chi connectivity index (χ4n) is 4.08. The quantitative estimate of drug-likeness (QED) is 0.362. The molecule has 1 fully saturated rings. The van der Waals surface area contributed by atoms with Crippen LogP contribution in [0.3, 0.4) is 0 Å². The van der Waals surface area contributed by atoms with Crippen LogP contribution in [-0.4, -0.2) is 15.6 Å². The second-order valence-electron chi connectivity index (χ2n) is 7.85. The maximum Gasteiger partial charge on any atom is 0.416 e. The van der Waals surface area contributed by atoms with Crippen LogP contribution in [0.1, 0.15) is 45.9 Å². The Balaban J connectivity index is 1.68. The van der Waals surface area contributed by atoms with Gasteiger partial charge < -0.3 is 9.67 Å². The molecule has 4 aromatic rings. The van der Waals surface area contributed by atoms with Gasteiger partial charge in [-0.15, -0.1) is 11.3 Å². The molecule has 1 saturated carbocycles. The Morgan fingerprint density at radius 1 is 1.10 bits per heavy atom. The molecule has 0 radical (unpaired) electrons. The van der Waals surface area contributed by atoms with Crippen molar-refractivity contribution < 1.29 is 23.1 Å². The van der Waals surface area contributed by atoms with Gasteiger partial charge in [-0.3, -0.25) is 0 Å². The lowest BCUT2D eigenvalue weighted by Gasteiger charge is -2.12. The third-order valence-electron chi connectivity index (χ3n) is 5.68. The van der Waals surface area contributed by atoms with Gasteiger partial charge in [-0.25, -0.2) is 4.79 Å². The summed E-state index contributed by atoms with van der Waals surface area (Å²) in [7, 11) is 0. The molecule has 0 spiro atoms. The van der Waals surface area contributed by atoms with Crippen LogP contribution in [-0.2, 0) is 12.7 Å². The number of thiophene rings is 1. The highest BCUT2D eigenvalue weighted by Crippen LogP contribution is 2.45. The van der Waals surface area contributed by atoms with Crippen molar-refractivity contribution in [2.24, 2.45) is 0 Å². The van der Waals surface area contributed by atoms with Gasteiger partial charge >= 0.3 is 12.1 Å². The van der Waals surface area contributed by atoms with Gasteiger partial charge in [-0.1, -0.05) is 30.3 Å². The van der Waals surface area contributed by atoms with Crippen LogP contribution in [0.25, 0.3) is 21.3 Å². The summed E-state index contributed by atoms with van der Waals surface area (Å²) in [5.74, 6) is -0.545. The largest absolute Gasteiger partial charge is 0.477 e. The number of hydrogen-bond donors (Lipinski definition) is 1. The van der Waals surface area contributed by atoms with Crippen molar-refractivity contribution in [2.45, 2.75) is 31.5 Å². The van der Waals surface area contributed by atoms with Crippen molar-refractivity contribution in [2.75, 3.05) is 0 Å². The highest BCUT2D eigenvalue weighted by Gasteiger charge is 2.31. The SMILES string of the molecule is O=C(O)c1c(-c2cc(C3CC3)cs2)c2ccccc2n1Cc1cccc(C(F)(F)F)c1. The first kappa shape index (κ1) is 19.9. The molecule has 1 aliphatic rings. The Bertz CT molecular complexity index is 1300. The Labute approximate surface area is 180 Å². The average Bonchev–Trinajstić information content (AvgIpc) is 3.38. The lowest BCUT2D eigenvalue weighted by molar-refractivity contribution is -0.137. The molecule has 3 nitrogen and oxygen atoms in total. The number of carbonyl (C=O) groups is 1. The number of rotatable bonds is 5. The zero-order valence-electron chi connectivity index (χ0n) is 16.3. The van der Waals surface area contributed by atoms with Crippen molar-refractivity contribution in [1.29, 1.82) is 0 Å². The molecule has 0 bridgehead atoms. The third-order valence-corrected chi connectivity index (χ3v) is 6.65. The van der Waals surface area contributed by atoms with E-state index in [1.807, 2.05) is 24.3 Å². The number of fused-ring (bicyclic) bond motifs is 1. The van der Waals surface area contributed by atoms with E-state index in [1.54, 1.807) is 10.6 Å². The molecule has 1 aliphatic carbocycles. The van der Waals surface area contributed by atoms with Crippen LogP contribution >= 0.6 is 11.3 Å². The molecule has 0 saturated heterocycles.